The molecule has 111 heavy (non-hydrogen) atoms. The van der Waals surface area contributed by atoms with Gasteiger partial charge in [-0.1, -0.05) is 82.8 Å². The number of aromatic hydroxyl groups is 1. The number of benzene rings is 7. The first-order valence-corrected chi connectivity index (χ1v) is 39.1. The first-order valence-electron chi connectivity index (χ1n) is 30.1. The van der Waals surface area contributed by atoms with E-state index in [4.69, 9.17) is 107 Å². The fourth-order valence-electron chi connectivity index (χ4n) is 9.32. The SMILES string of the molecule is COC(=O)c1cc(Cl)c(OC)c(S(=O)(=O)Cl)c1.COC(=O)c1cc(Cl)c(OC)c(S(=O)(=O)Nc2cc(-c3cccnc3)ccc2OC)c1.COC(=O)c1cc(Cl)c(OC)c(S(=O)(=O)Nc2cc(-c3cccnc3)ccc2OC)c1.COc1ccc(-c2cccnc2)cc1N.O=C(O)c1cc(Cl)c(O)c(S(=O)(=O)Cl)c1.[Na+].[OH-]. The van der Waals surface area contributed by atoms with E-state index in [-0.39, 0.29) is 116 Å². The van der Waals surface area contributed by atoms with Crippen molar-refractivity contribution < 1.29 is 141 Å². The zero-order valence-corrected chi connectivity index (χ0v) is 69.3. The summed E-state index contributed by atoms with van der Waals surface area (Å²) in [6.07, 6.45) is 10.1. The Morgan fingerprint density at radius 1 is 0.396 bits per heavy atom. The number of phenols is 1. The summed E-state index contributed by atoms with van der Waals surface area (Å²) in [6, 6.07) is 35.6. The van der Waals surface area contributed by atoms with E-state index in [1.54, 1.807) is 92.8 Å². The predicted octanol–water partition coefficient (Wildman–Crippen LogP) is 10.9. The quantitative estimate of drug-likeness (QED) is 0.0147. The van der Waals surface area contributed by atoms with E-state index < -0.39 is 77.7 Å². The number of nitrogens with two attached hydrogens (primary N) is 1. The second-order valence-electron chi connectivity index (χ2n) is 21.2. The summed E-state index contributed by atoms with van der Waals surface area (Å²) in [7, 11) is 5.18. The van der Waals surface area contributed by atoms with Crippen molar-refractivity contribution in [1.82, 2.24) is 15.0 Å². The molecule has 0 amide bonds. The van der Waals surface area contributed by atoms with Crippen LogP contribution in [0.1, 0.15) is 41.4 Å². The minimum Gasteiger partial charge on any atom is -0.870 e. The number of carbonyl (C=O) groups is 4. The number of nitrogen functional groups attached to an aromatic ring is 1. The van der Waals surface area contributed by atoms with Crippen LogP contribution in [0.3, 0.4) is 0 Å². The number of carboxylic acids is 1. The largest absolute Gasteiger partial charge is 1.00 e. The Balaban J connectivity index is 0.000000303. The summed E-state index contributed by atoms with van der Waals surface area (Å²) in [6.45, 7) is 0. The number of hydrogen-bond acceptors (Lipinski definition) is 27. The van der Waals surface area contributed by atoms with Crippen molar-refractivity contribution in [2.75, 3.05) is 79.2 Å². The van der Waals surface area contributed by atoms with Gasteiger partial charge in [-0.05, 0) is 120 Å². The van der Waals surface area contributed by atoms with Gasteiger partial charge in [-0.15, -0.1) is 0 Å². The molecule has 0 spiro atoms. The van der Waals surface area contributed by atoms with Crippen LogP contribution in [0.2, 0.25) is 20.1 Å². The molecule has 0 bridgehead atoms. The number of pyridine rings is 3. The monoisotopic (exact) mass is 1730 g/mol. The van der Waals surface area contributed by atoms with Gasteiger partial charge in [0, 0.05) is 75.2 Å². The maximum atomic E-state index is 13.2. The van der Waals surface area contributed by atoms with Gasteiger partial charge in [0.1, 0.15) is 36.8 Å². The fourth-order valence-corrected chi connectivity index (χ4v) is 15.2. The molecular weight excluding hydrogens is 1670 g/mol. The minimum absolute atomic E-state index is 0. The fraction of sp³-hybridized carbons (Fsp3) is 0.129. The second-order valence-corrected chi connectivity index (χ2v) is 31.2. The molecule has 0 aliphatic heterocycles. The van der Waals surface area contributed by atoms with Crippen molar-refractivity contribution in [1.29, 1.82) is 0 Å². The molecule has 0 radical (unpaired) electrons. The summed E-state index contributed by atoms with van der Waals surface area (Å²) in [5, 5.41) is 17.3. The van der Waals surface area contributed by atoms with Gasteiger partial charge in [0.15, 0.2) is 23.0 Å². The Kier molecular flexibility index (Phi) is 35.6. The van der Waals surface area contributed by atoms with Crippen LogP contribution >= 0.6 is 67.8 Å². The maximum absolute atomic E-state index is 13.2. The van der Waals surface area contributed by atoms with E-state index in [1.807, 2.05) is 42.5 Å². The number of rotatable bonds is 21. The van der Waals surface area contributed by atoms with Crippen LogP contribution in [0.4, 0.5) is 17.1 Å². The Labute approximate surface area is 688 Å². The molecule has 3 aromatic heterocycles. The van der Waals surface area contributed by atoms with E-state index in [2.05, 4.69) is 38.6 Å². The van der Waals surface area contributed by atoms with E-state index in [9.17, 15) is 58.0 Å². The smallest absolute Gasteiger partial charge is 0.870 e. The predicted molar refractivity (Wildman–Crippen MR) is 411 cm³/mol. The Morgan fingerprint density at radius 3 is 0.991 bits per heavy atom. The Bertz CT molecular complexity index is 5300. The van der Waals surface area contributed by atoms with Gasteiger partial charge < -0.3 is 64.1 Å². The third kappa shape index (κ3) is 24.9. The number of nitrogens with zero attached hydrogens (tertiary/aromatic N) is 3. The number of carboxylic acid groups (broad SMARTS) is 1. The summed E-state index contributed by atoms with van der Waals surface area (Å²) in [5.74, 6) is -3.39. The van der Waals surface area contributed by atoms with Crippen molar-refractivity contribution in [3.05, 3.63) is 219 Å². The van der Waals surface area contributed by atoms with Crippen molar-refractivity contribution in [3.8, 4) is 73.6 Å². The first kappa shape index (κ1) is 93.7. The molecule has 0 unspecified atom stereocenters. The number of carbonyl (C=O) groups excluding carboxylic acids is 3. The van der Waals surface area contributed by atoms with Gasteiger partial charge in [0.25, 0.3) is 38.1 Å². The average molecular weight is 1740 g/mol. The summed E-state index contributed by atoms with van der Waals surface area (Å²) >= 11 is 23.5. The topological polar surface area (TPSA) is 447 Å². The molecule has 7 N–H and O–H groups in total. The molecule has 7 aromatic carbocycles. The molecule has 0 fully saturated rings. The number of hydrogen-bond donors (Lipinski definition) is 5. The number of anilines is 3. The van der Waals surface area contributed by atoms with Crippen molar-refractivity contribution >= 4 is 147 Å². The van der Waals surface area contributed by atoms with Crippen LogP contribution in [-0.2, 0) is 52.4 Å². The molecule has 10 aromatic rings. The van der Waals surface area contributed by atoms with E-state index in [0.29, 0.717) is 22.9 Å². The number of aromatic nitrogens is 3. The molecule has 0 atom stereocenters. The standard InChI is InChI=1S/2C21H19ClN2O6S.C12H12N2O.C9H8Cl2O5S.C7H4Cl2O5S.Na.H2O/c2*1-28-18-7-6-13(14-5-4-8-23-12-14)10-17(18)24-31(26,27)19-11-15(21(25)30-3)9-16(22)20(19)29-2;1-15-12-5-4-9(7-11(12)13)10-3-2-6-14-8-10;1-15-8-6(10)3-5(9(12)16-2)4-7(8)17(11,13)14;8-4-1-3(7(11)12)2-5(6(4)10)15(9,13)14;;/h2*4-12,24H,1-3H3;2-8H,13H2,1H3;3-4H,1-2H3;1-2,10H,(H,11,12);;1H2/q;;;;;+1;/p-1. The Hall–Kier alpha value is -9.63. The molecule has 41 heteroatoms. The zero-order valence-electron chi connectivity index (χ0n) is 59.5. The second kappa shape index (κ2) is 42.1. The van der Waals surface area contributed by atoms with E-state index in [1.165, 1.54) is 68.0 Å². The molecule has 584 valence electrons. The molecule has 0 aliphatic rings. The van der Waals surface area contributed by atoms with Crippen molar-refractivity contribution in [2.24, 2.45) is 0 Å². The van der Waals surface area contributed by atoms with Gasteiger partial charge in [-0.2, -0.15) is 0 Å². The number of nitrogens with one attached hydrogen (secondary N) is 2. The summed E-state index contributed by atoms with van der Waals surface area (Å²) < 4.78 is 147. The number of methoxy groups -OCH3 is 9. The van der Waals surface area contributed by atoms with Gasteiger partial charge in [0.05, 0.1) is 123 Å². The molecule has 0 saturated carbocycles. The van der Waals surface area contributed by atoms with Crippen LogP contribution in [0.25, 0.3) is 33.4 Å². The first-order chi connectivity index (χ1) is 51.4. The summed E-state index contributed by atoms with van der Waals surface area (Å²) in [5.41, 5.74) is 11.5. The van der Waals surface area contributed by atoms with Gasteiger partial charge >= 0.3 is 53.4 Å². The molecule has 0 saturated heterocycles. The van der Waals surface area contributed by atoms with Crippen molar-refractivity contribution in [2.45, 2.75) is 19.6 Å². The number of halogens is 6. The van der Waals surface area contributed by atoms with Crippen LogP contribution in [0, 0.1) is 0 Å². The normalized spacial score (nSPS) is 10.7. The molecule has 3 heterocycles. The van der Waals surface area contributed by atoms with Crippen LogP contribution in [0.5, 0.6) is 40.2 Å². The van der Waals surface area contributed by atoms with Crippen LogP contribution in [-0.4, -0.2) is 152 Å². The molecule has 0 aliphatic carbocycles. The maximum Gasteiger partial charge on any atom is 1.00 e. The van der Waals surface area contributed by atoms with Crippen LogP contribution in [0.15, 0.2) is 196 Å². The van der Waals surface area contributed by atoms with Gasteiger partial charge in [0.2, 0.25) is 0 Å². The molecule has 30 nitrogen and oxygen atoms in total. The summed E-state index contributed by atoms with van der Waals surface area (Å²) in [4.78, 5) is 56.2. The third-order valence-electron chi connectivity index (χ3n) is 14.4. The number of esters is 3. The average Bonchev–Trinajstić information content (AvgIpc) is 0.788. The van der Waals surface area contributed by atoms with Gasteiger partial charge in [-0.25, -0.2) is 52.8 Å². The zero-order chi connectivity index (χ0) is 80.9. The molecular formula is C70H63Cl6N6NaO24S4. The third-order valence-corrected chi connectivity index (χ3v) is 20.9. The van der Waals surface area contributed by atoms with Crippen molar-refractivity contribution in [3.63, 3.8) is 0 Å². The number of ether oxygens (including phenoxy) is 9. The van der Waals surface area contributed by atoms with Crippen LogP contribution < -0.4 is 73.2 Å². The number of aromatic carboxylic acids is 1. The number of sulfonamides is 2. The van der Waals surface area contributed by atoms with E-state index >= 15 is 0 Å². The van der Waals surface area contributed by atoms with Gasteiger partial charge in [-0.3, -0.25) is 24.4 Å². The Morgan fingerprint density at radius 2 is 0.703 bits per heavy atom. The number of phenolic OH excluding ortho intramolecular Hbond substituents is 1. The minimum atomic E-state index is -4.24. The molecule has 10 rings (SSSR count). The van der Waals surface area contributed by atoms with E-state index in [0.717, 1.165) is 70.8 Å².